The Hall–Kier alpha value is 0.390. The number of rotatable bonds is 3. The number of hydrogen-bond acceptors (Lipinski definition) is 3. The topological polar surface area (TPSA) is 29.3 Å². The van der Waals surface area contributed by atoms with Crippen molar-refractivity contribution in [2.24, 2.45) is 11.7 Å². The van der Waals surface area contributed by atoms with Crippen LogP contribution in [-0.2, 0) is 6.54 Å². The number of nitrogens with two attached hydrogens (primary N) is 1. The van der Waals surface area contributed by atoms with E-state index in [0.29, 0.717) is 6.04 Å². The van der Waals surface area contributed by atoms with E-state index in [0.717, 1.165) is 19.0 Å². The van der Waals surface area contributed by atoms with Gasteiger partial charge in [0.2, 0.25) is 0 Å². The molecule has 5 heteroatoms. The smallest absolute Gasteiger partial charge is 0.0331 e. The first-order valence-electron chi connectivity index (χ1n) is 5.87. The Morgan fingerprint density at radius 1 is 1.59 bits per heavy atom. The molecule has 17 heavy (non-hydrogen) atoms. The van der Waals surface area contributed by atoms with Gasteiger partial charge in [-0.05, 0) is 47.3 Å². The number of hydrogen-bond donors (Lipinski definition) is 1. The molecule has 1 aromatic heterocycles. The van der Waals surface area contributed by atoms with Crippen molar-refractivity contribution in [2.45, 2.75) is 32.4 Å². The SMILES string of the molecule is CC1CCCN(Cc2cc(Br)cs2)C1CN.Cl. The summed E-state index contributed by atoms with van der Waals surface area (Å²) in [6.07, 6.45) is 2.64. The monoisotopic (exact) mass is 338 g/mol. The molecule has 0 aliphatic carbocycles. The highest BCUT2D eigenvalue weighted by atomic mass is 79.9. The second kappa shape index (κ2) is 7.10. The van der Waals surface area contributed by atoms with Crippen LogP contribution < -0.4 is 5.73 Å². The predicted octanol–water partition coefficient (Wildman–Crippen LogP) is 3.49. The summed E-state index contributed by atoms with van der Waals surface area (Å²) >= 11 is 5.34. The molecule has 1 fully saturated rings. The summed E-state index contributed by atoms with van der Waals surface area (Å²) in [6.45, 7) is 5.37. The molecule has 2 nitrogen and oxygen atoms in total. The number of thiophene rings is 1. The van der Waals surface area contributed by atoms with Crippen LogP contribution in [0, 0.1) is 5.92 Å². The van der Waals surface area contributed by atoms with E-state index in [1.54, 1.807) is 0 Å². The van der Waals surface area contributed by atoms with Gasteiger partial charge in [-0.15, -0.1) is 23.7 Å². The van der Waals surface area contributed by atoms with Gasteiger partial charge in [0, 0.05) is 33.9 Å². The van der Waals surface area contributed by atoms with Gasteiger partial charge in [-0.25, -0.2) is 0 Å². The summed E-state index contributed by atoms with van der Waals surface area (Å²) in [5, 5.41) is 2.15. The molecule has 2 N–H and O–H groups in total. The minimum Gasteiger partial charge on any atom is -0.329 e. The third-order valence-electron chi connectivity index (χ3n) is 3.45. The zero-order valence-corrected chi connectivity index (χ0v) is 13.3. The lowest BCUT2D eigenvalue weighted by Crippen LogP contribution is -2.47. The van der Waals surface area contributed by atoms with Crippen LogP contribution >= 0.6 is 39.7 Å². The van der Waals surface area contributed by atoms with E-state index in [2.05, 4.69) is 39.2 Å². The maximum atomic E-state index is 5.90. The van der Waals surface area contributed by atoms with Crippen LogP contribution in [0.2, 0.25) is 0 Å². The van der Waals surface area contributed by atoms with Gasteiger partial charge < -0.3 is 5.73 Å². The van der Waals surface area contributed by atoms with E-state index in [1.807, 2.05) is 11.3 Å². The average molecular weight is 340 g/mol. The molecule has 2 heterocycles. The van der Waals surface area contributed by atoms with Crippen LogP contribution in [0.3, 0.4) is 0 Å². The van der Waals surface area contributed by atoms with Gasteiger partial charge in [0.25, 0.3) is 0 Å². The number of halogens is 2. The van der Waals surface area contributed by atoms with E-state index in [1.165, 1.54) is 28.7 Å². The quantitative estimate of drug-likeness (QED) is 0.913. The maximum absolute atomic E-state index is 5.90. The first kappa shape index (κ1) is 15.4. The summed E-state index contributed by atoms with van der Waals surface area (Å²) in [4.78, 5) is 3.98. The van der Waals surface area contributed by atoms with Crippen molar-refractivity contribution in [3.05, 3.63) is 20.8 Å². The highest BCUT2D eigenvalue weighted by Gasteiger charge is 2.27. The molecule has 0 aromatic carbocycles. The predicted molar refractivity (Wildman–Crippen MR) is 80.9 cm³/mol. The number of likely N-dealkylation sites (tertiary alicyclic amines) is 1. The Bertz CT molecular complexity index is 345. The largest absolute Gasteiger partial charge is 0.329 e. The molecule has 0 amide bonds. The highest BCUT2D eigenvalue weighted by molar-refractivity contribution is 9.10. The van der Waals surface area contributed by atoms with Crippen molar-refractivity contribution >= 4 is 39.7 Å². The standard InChI is InChI=1S/C12H19BrN2S.ClH/c1-9-3-2-4-15(12(9)6-14)7-11-5-10(13)8-16-11;/h5,8-9,12H,2-4,6-7,14H2,1H3;1H. The average Bonchev–Trinajstić information content (AvgIpc) is 2.64. The molecule has 1 aliphatic rings. The third-order valence-corrected chi connectivity index (χ3v) is 5.14. The summed E-state index contributed by atoms with van der Waals surface area (Å²) in [5.74, 6) is 0.738. The summed E-state index contributed by atoms with van der Waals surface area (Å²) in [6, 6.07) is 2.78. The van der Waals surface area contributed by atoms with Crippen LogP contribution in [0.4, 0.5) is 0 Å². The summed E-state index contributed by atoms with van der Waals surface area (Å²) in [7, 11) is 0. The van der Waals surface area contributed by atoms with E-state index < -0.39 is 0 Å². The van der Waals surface area contributed by atoms with Gasteiger partial charge in [0.05, 0.1) is 0 Å². The van der Waals surface area contributed by atoms with Gasteiger partial charge in [0.15, 0.2) is 0 Å². The van der Waals surface area contributed by atoms with Crippen LogP contribution in [0.5, 0.6) is 0 Å². The van der Waals surface area contributed by atoms with Crippen molar-refractivity contribution < 1.29 is 0 Å². The molecular weight excluding hydrogens is 320 g/mol. The van der Waals surface area contributed by atoms with Crippen molar-refractivity contribution in [2.75, 3.05) is 13.1 Å². The molecule has 1 saturated heterocycles. The molecule has 2 atom stereocenters. The molecule has 0 bridgehead atoms. The second-order valence-corrected chi connectivity index (χ2v) is 6.54. The lowest BCUT2D eigenvalue weighted by atomic mass is 9.91. The van der Waals surface area contributed by atoms with E-state index in [-0.39, 0.29) is 12.4 Å². The molecule has 1 aromatic rings. The lowest BCUT2D eigenvalue weighted by molar-refractivity contribution is 0.100. The minimum atomic E-state index is 0. The van der Waals surface area contributed by atoms with Gasteiger partial charge in [-0.2, -0.15) is 0 Å². The molecule has 2 unspecified atom stereocenters. The van der Waals surface area contributed by atoms with Crippen LogP contribution in [0.1, 0.15) is 24.6 Å². The van der Waals surface area contributed by atoms with Crippen molar-refractivity contribution in [1.29, 1.82) is 0 Å². The zero-order valence-electron chi connectivity index (χ0n) is 10.1. The van der Waals surface area contributed by atoms with Gasteiger partial charge in [0.1, 0.15) is 0 Å². The van der Waals surface area contributed by atoms with Crippen LogP contribution in [-0.4, -0.2) is 24.0 Å². The van der Waals surface area contributed by atoms with Gasteiger partial charge >= 0.3 is 0 Å². The normalized spacial score (nSPS) is 25.6. The molecule has 2 rings (SSSR count). The summed E-state index contributed by atoms with van der Waals surface area (Å²) in [5.41, 5.74) is 5.90. The second-order valence-electron chi connectivity index (χ2n) is 4.62. The summed E-state index contributed by atoms with van der Waals surface area (Å²) < 4.78 is 1.20. The first-order valence-corrected chi connectivity index (χ1v) is 7.55. The maximum Gasteiger partial charge on any atom is 0.0331 e. The molecular formula is C12H20BrClN2S. The molecule has 0 radical (unpaired) electrons. The highest BCUT2D eigenvalue weighted by Crippen LogP contribution is 2.27. The van der Waals surface area contributed by atoms with Crippen molar-refractivity contribution in [3.63, 3.8) is 0 Å². The van der Waals surface area contributed by atoms with Crippen molar-refractivity contribution in [3.8, 4) is 0 Å². The fourth-order valence-corrected chi connectivity index (χ4v) is 4.02. The van der Waals surface area contributed by atoms with Crippen LogP contribution in [0.15, 0.2) is 15.9 Å². The van der Waals surface area contributed by atoms with Crippen LogP contribution in [0.25, 0.3) is 0 Å². The molecule has 1 aliphatic heterocycles. The Morgan fingerprint density at radius 3 is 2.94 bits per heavy atom. The van der Waals surface area contributed by atoms with Gasteiger partial charge in [-0.1, -0.05) is 6.92 Å². The van der Waals surface area contributed by atoms with E-state index >= 15 is 0 Å². The Morgan fingerprint density at radius 2 is 2.35 bits per heavy atom. The minimum absolute atomic E-state index is 0. The number of nitrogens with zero attached hydrogens (tertiary/aromatic N) is 1. The van der Waals surface area contributed by atoms with Gasteiger partial charge in [-0.3, -0.25) is 4.90 Å². The number of piperidine rings is 1. The molecule has 0 spiro atoms. The Balaban J connectivity index is 0.00000144. The first-order chi connectivity index (χ1) is 7.70. The fraction of sp³-hybridized carbons (Fsp3) is 0.667. The molecule has 98 valence electrons. The Kier molecular flexibility index (Phi) is 6.45. The van der Waals surface area contributed by atoms with E-state index in [4.69, 9.17) is 5.73 Å². The third kappa shape index (κ3) is 3.93. The lowest BCUT2D eigenvalue weighted by Gasteiger charge is -2.39. The zero-order chi connectivity index (χ0) is 11.5. The Labute approximate surface area is 122 Å². The fourth-order valence-electron chi connectivity index (χ4n) is 2.55. The molecule has 0 saturated carbocycles. The van der Waals surface area contributed by atoms with Crippen molar-refractivity contribution in [1.82, 2.24) is 4.90 Å². The van der Waals surface area contributed by atoms with E-state index in [9.17, 15) is 0 Å².